The topological polar surface area (TPSA) is 46.2 Å². The summed E-state index contributed by atoms with van der Waals surface area (Å²) in [4.78, 5) is 22.1. The smallest absolute Gasteiger partial charge is 0.258 e. The summed E-state index contributed by atoms with van der Waals surface area (Å²) in [5, 5.41) is 2.19. The van der Waals surface area contributed by atoms with Crippen LogP contribution in [0, 0.1) is 0 Å². The van der Waals surface area contributed by atoms with E-state index in [0.717, 1.165) is 0 Å². The molecule has 3 heteroatoms. The van der Waals surface area contributed by atoms with Gasteiger partial charge in [0.05, 0.1) is 5.57 Å². The molecule has 1 fully saturated rings. The second-order valence-corrected chi connectivity index (χ2v) is 2.30. The molecule has 0 radical (unpaired) electrons. The lowest BCUT2D eigenvalue weighted by Crippen LogP contribution is -2.19. The fraction of sp³-hybridized carbons (Fsp3) is 0.111. The first-order valence-electron chi connectivity index (χ1n) is 3.55. The molecule has 1 N–H and O–H groups in total. The van der Waals surface area contributed by atoms with E-state index in [1.165, 1.54) is 12.2 Å². The Balaban J connectivity index is 3.15. The van der Waals surface area contributed by atoms with Gasteiger partial charge in [0.25, 0.3) is 11.8 Å². The average molecular weight is 163 g/mol. The summed E-state index contributed by atoms with van der Waals surface area (Å²) in [5.74, 6) is -0.691. The lowest BCUT2D eigenvalue weighted by Gasteiger charge is -1.89. The van der Waals surface area contributed by atoms with Crippen molar-refractivity contribution < 1.29 is 9.59 Å². The molecule has 0 spiro atoms. The number of carbonyl (C=O) groups excluding carboxylic acids is 2. The number of hydrogen-bond acceptors (Lipinski definition) is 2. The minimum absolute atomic E-state index is 0.337. The first-order valence-corrected chi connectivity index (χ1v) is 3.55. The van der Waals surface area contributed by atoms with Crippen LogP contribution >= 0.6 is 0 Å². The van der Waals surface area contributed by atoms with Gasteiger partial charge in [-0.1, -0.05) is 18.7 Å². The molecule has 0 bridgehead atoms. The number of carbonyl (C=O) groups is 2. The molecule has 2 amide bonds. The van der Waals surface area contributed by atoms with Crippen molar-refractivity contribution >= 4 is 11.8 Å². The maximum absolute atomic E-state index is 11.1. The molecule has 0 aromatic rings. The number of hydrogen-bond donors (Lipinski definition) is 1. The summed E-state index contributed by atoms with van der Waals surface area (Å²) in [5.41, 5.74) is 0.803. The lowest BCUT2D eigenvalue weighted by atomic mass is 10.1. The van der Waals surface area contributed by atoms with Crippen LogP contribution in [0.2, 0.25) is 0 Å². The van der Waals surface area contributed by atoms with Gasteiger partial charge in [-0.25, -0.2) is 0 Å². The molecule has 3 nitrogen and oxygen atoms in total. The van der Waals surface area contributed by atoms with Crippen molar-refractivity contribution in [3.05, 3.63) is 36.0 Å². The molecule has 0 aromatic heterocycles. The van der Waals surface area contributed by atoms with Gasteiger partial charge in [0.1, 0.15) is 0 Å². The van der Waals surface area contributed by atoms with E-state index < -0.39 is 0 Å². The Bertz CT molecular complexity index is 310. The predicted octanol–water partition coefficient (Wildman–Crippen LogP) is 0.702. The highest BCUT2D eigenvalue weighted by Crippen LogP contribution is 2.16. The quantitative estimate of drug-likeness (QED) is 0.457. The fourth-order valence-electron chi connectivity index (χ4n) is 1.05. The number of nitrogens with one attached hydrogen (secondary N) is 1. The van der Waals surface area contributed by atoms with Crippen LogP contribution in [0.1, 0.15) is 6.92 Å². The third-order valence-corrected chi connectivity index (χ3v) is 1.58. The van der Waals surface area contributed by atoms with Crippen LogP contribution in [0.4, 0.5) is 0 Å². The molecule has 12 heavy (non-hydrogen) atoms. The van der Waals surface area contributed by atoms with E-state index in [2.05, 4.69) is 11.9 Å². The zero-order valence-electron chi connectivity index (χ0n) is 6.76. The van der Waals surface area contributed by atoms with Gasteiger partial charge in [0.15, 0.2) is 0 Å². The van der Waals surface area contributed by atoms with Crippen LogP contribution in [-0.4, -0.2) is 11.8 Å². The molecular formula is C9H9NO2. The van der Waals surface area contributed by atoms with Gasteiger partial charge in [0.2, 0.25) is 0 Å². The van der Waals surface area contributed by atoms with Crippen LogP contribution in [0.25, 0.3) is 0 Å². The minimum atomic E-state index is -0.354. The molecule has 1 rings (SSSR count). The van der Waals surface area contributed by atoms with Crippen LogP contribution in [0.15, 0.2) is 36.0 Å². The van der Waals surface area contributed by atoms with E-state index in [1.807, 2.05) is 0 Å². The van der Waals surface area contributed by atoms with Gasteiger partial charge in [-0.15, -0.1) is 0 Å². The highest BCUT2D eigenvalue weighted by atomic mass is 16.2. The van der Waals surface area contributed by atoms with Gasteiger partial charge in [0, 0.05) is 5.57 Å². The monoisotopic (exact) mass is 163 g/mol. The Morgan fingerprint density at radius 2 is 1.83 bits per heavy atom. The van der Waals surface area contributed by atoms with Gasteiger partial charge >= 0.3 is 0 Å². The van der Waals surface area contributed by atoms with Crippen molar-refractivity contribution in [3.8, 4) is 0 Å². The third kappa shape index (κ3) is 1.21. The zero-order valence-corrected chi connectivity index (χ0v) is 6.76. The van der Waals surface area contributed by atoms with E-state index in [1.54, 1.807) is 13.0 Å². The van der Waals surface area contributed by atoms with Crippen molar-refractivity contribution in [2.24, 2.45) is 0 Å². The summed E-state index contributed by atoms with van der Waals surface area (Å²) in [6, 6.07) is 0. The molecule has 0 aromatic carbocycles. The summed E-state index contributed by atoms with van der Waals surface area (Å²) < 4.78 is 0. The number of imide groups is 1. The Labute approximate surface area is 70.5 Å². The molecule has 1 aliphatic heterocycles. The standard InChI is InChI=1S/C9H9NO2/c1-3-5-7-6(4-2)8(11)10-9(7)12/h3-5H,1H2,2H3,(H,10,11,12)/b6-4+,7-5+. The minimum Gasteiger partial charge on any atom is -0.288 e. The predicted molar refractivity (Wildman–Crippen MR) is 45.2 cm³/mol. The van der Waals surface area contributed by atoms with E-state index in [9.17, 15) is 9.59 Å². The van der Waals surface area contributed by atoms with E-state index in [-0.39, 0.29) is 11.8 Å². The molecule has 1 saturated heterocycles. The first-order chi connectivity index (χ1) is 5.70. The molecule has 1 aliphatic rings. The van der Waals surface area contributed by atoms with E-state index in [4.69, 9.17) is 0 Å². The number of amides is 2. The summed E-state index contributed by atoms with van der Waals surface area (Å²) in [6.07, 6.45) is 4.61. The molecule has 0 saturated carbocycles. The second-order valence-electron chi connectivity index (χ2n) is 2.30. The largest absolute Gasteiger partial charge is 0.288 e. The van der Waals surface area contributed by atoms with Crippen molar-refractivity contribution in [2.45, 2.75) is 6.92 Å². The van der Waals surface area contributed by atoms with Crippen LogP contribution in [-0.2, 0) is 9.59 Å². The van der Waals surface area contributed by atoms with Crippen molar-refractivity contribution in [1.29, 1.82) is 0 Å². The second kappa shape index (κ2) is 3.17. The van der Waals surface area contributed by atoms with E-state index >= 15 is 0 Å². The summed E-state index contributed by atoms with van der Waals surface area (Å²) >= 11 is 0. The van der Waals surface area contributed by atoms with Crippen molar-refractivity contribution in [3.63, 3.8) is 0 Å². The normalized spacial score (nSPS) is 23.4. The molecule has 0 unspecified atom stereocenters. The SMILES string of the molecule is C=C/C=C1/C(=O)NC(=O)/C1=C/C. The highest BCUT2D eigenvalue weighted by Gasteiger charge is 2.28. The van der Waals surface area contributed by atoms with Crippen molar-refractivity contribution in [2.75, 3.05) is 0 Å². The Kier molecular flexibility index (Phi) is 2.24. The van der Waals surface area contributed by atoms with Gasteiger partial charge in [-0.3, -0.25) is 14.9 Å². The summed E-state index contributed by atoms with van der Waals surface area (Å²) in [6.45, 7) is 5.17. The molecule has 0 aliphatic carbocycles. The van der Waals surface area contributed by atoms with Gasteiger partial charge < -0.3 is 0 Å². The van der Waals surface area contributed by atoms with Crippen LogP contribution in [0.3, 0.4) is 0 Å². The Morgan fingerprint density at radius 3 is 2.33 bits per heavy atom. The molecule has 1 heterocycles. The summed E-state index contributed by atoms with van der Waals surface area (Å²) in [7, 11) is 0. The zero-order chi connectivity index (χ0) is 9.14. The number of rotatable bonds is 1. The molecule has 0 atom stereocenters. The van der Waals surface area contributed by atoms with Crippen LogP contribution in [0.5, 0.6) is 0 Å². The van der Waals surface area contributed by atoms with Gasteiger partial charge in [-0.05, 0) is 13.0 Å². The van der Waals surface area contributed by atoms with Crippen LogP contribution < -0.4 is 5.32 Å². The maximum Gasteiger partial charge on any atom is 0.258 e. The Hall–Kier alpha value is -1.64. The number of allylic oxidation sites excluding steroid dienone is 3. The Morgan fingerprint density at radius 1 is 1.25 bits per heavy atom. The first kappa shape index (κ1) is 8.46. The molecule has 62 valence electrons. The highest BCUT2D eigenvalue weighted by molar-refractivity contribution is 6.24. The van der Waals surface area contributed by atoms with Crippen molar-refractivity contribution in [1.82, 2.24) is 5.32 Å². The maximum atomic E-state index is 11.1. The lowest BCUT2D eigenvalue weighted by molar-refractivity contribution is -0.123. The van der Waals surface area contributed by atoms with Gasteiger partial charge in [-0.2, -0.15) is 0 Å². The fourth-order valence-corrected chi connectivity index (χ4v) is 1.05. The third-order valence-electron chi connectivity index (χ3n) is 1.58. The average Bonchev–Trinajstić information content (AvgIpc) is 2.28. The molecular weight excluding hydrogens is 154 g/mol. The van der Waals surface area contributed by atoms with E-state index in [0.29, 0.717) is 11.1 Å².